The highest BCUT2D eigenvalue weighted by Crippen LogP contribution is 2.44. The lowest BCUT2D eigenvalue weighted by atomic mass is 10.1. The summed E-state index contributed by atoms with van der Waals surface area (Å²) in [5, 5.41) is 42.8. The standard InChI is InChI=1S/C21H16N4O4S/c1-22-23-17-10-11-18(16-9-5-4-8-15(16)17)24-25-20-19(30-29-28-27)12-13-6-2-3-7-14(13)21(20)26/h2-12,26-27H,1H3. The van der Waals surface area contributed by atoms with E-state index >= 15 is 0 Å². The van der Waals surface area contributed by atoms with Crippen LogP contribution in [0, 0.1) is 0 Å². The van der Waals surface area contributed by atoms with Crippen LogP contribution < -0.4 is 0 Å². The highest BCUT2D eigenvalue weighted by molar-refractivity contribution is 7.94. The smallest absolute Gasteiger partial charge is 0.152 e. The molecule has 0 spiro atoms. The lowest BCUT2D eigenvalue weighted by molar-refractivity contribution is -0.432. The van der Waals surface area contributed by atoms with E-state index in [0.717, 1.165) is 21.8 Å². The molecule has 4 rings (SSSR count). The summed E-state index contributed by atoms with van der Waals surface area (Å²) in [6.45, 7) is 0. The lowest BCUT2D eigenvalue weighted by Gasteiger charge is -2.09. The zero-order chi connectivity index (χ0) is 20.9. The molecular formula is C21H16N4O4S. The third-order valence-electron chi connectivity index (χ3n) is 4.46. The van der Waals surface area contributed by atoms with Crippen LogP contribution in [0.1, 0.15) is 0 Å². The molecule has 4 aromatic rings. The Morgan fingerprint density at radius 3 is 2.10 bits per heavy atom. The van der Waals surface area contributed by atoms with Crippen LogP contribution in [0.25, 0.3) is 21.5 Å². The summed E-state index contributed by atoms with van der Waals surface area (Å²) >= 11 is 0.710. The number of rotatable bonds is 6. The van der Waals surface area contributed by atoms with E-state index in [2.05, 4.69) is 29.8 Å². The molecule has 150 valence electrons. The number of fused-ring (bicyclic) bond motifs is 2. The Kier molecular flexibility index (Phi) is 5.96. The van der Waals surface area contributed by atoms with Gasteiger partial charge in [-0.1, -0.05) is 53.6 Å². The van der Waals surface area contributed by atoms with Gasteiger partial charge in [-0.25, -0.2) is 5.26 Å². The third kappa shape index (κ3) is 3.87. The zero-order valence-corrected chi connectivity index (χ0v) is 16.6. The maximum atomic E-state index is 10.8. The molecule has 9 heteroatoms. The van der Waals surface area contributed by atoms with Crippen molar-refractivity contribution in [3.8, 4) is 5.75 Å². The highest BCUT2D eigenvalue weighted by Gasteiger charge is 2.15. The SMILES string of the molecule is CN=Nc1ccc(N=Nc2c(SOOO)cc3ccccc3c2O)c2ccccc12. The minimum absolute atomic E-state index is 0.0541. The summed E-state index contributed by atoms with van der Waals surface area (Å²) in [7, 11) is 1.61. The first-order chi connectivity index (χ1) is 14.7. The molecule has 30 heavy (non-hydrogen) atoms. The van der Waals surface area contributed by atoms with E-state index in [1.54, 1.807) is 25.2 Å². The Labute approximate surface area is 175 Å². The molecule has 0 bridgehead atoms. The molecule has 0 heterocycles. The van der Waals surface area contributed by atoms with Crippen molar-refractivity contribution in [3.63, 3.8) is 0 Å². The van der Waals surface area contributed by atoms with Crippen LogP contribution >= 0.6 is 12.0 Å². The van der Waals surface area contributed by atoms with Crippen molar-refractivity contribution in [1.82, 2.24) is 0 Å². The second-order valence-electron chi connectivity index (χ2n) is 6.17. The molecule has 0 aliphatic heterocycles. The van der Waals surface area contributed by atoms with Crippen molar-refractivity contribution in [3.05, 3.63) is 66.7 Å². The maximum Gasteiger partial charge on any atom is 0.152 e. The van der Waals surface area contributed by atoms with E-state index in [9.17, 15) is 5.11 Å². The minimum Gasteiger partial charge on any atom is -0.505 e. The van der Waals surface area contributed by atoms with Gasteiger partial charge in [-0.15, -0.1) is 14.6 Å². The van der Waals surface area contributed by atoms with Crippen LogP contribution in [-0.4, -0.2) is 17.4 Å². The monoisotopic (exact) mass is 420 g/mol. The van der Waals surface area contributed by atoms with Gasteiger partial charge in [-0.2, -0.15) is 10.2 Å². The maximum absolute atomic E-state index is 10.8. The average Bonchev–Trinajstić information content (AvgIpc) is 2.78. The Morgan fingerprint density at radius 2 is 1.43 bits per heavy atom. The Bertz CT molecular complexity index is 1280. The number of aromatic hydroxyl groups is 1. The van der Waals surface area contributed by atoms with Crippen LogP contribution in [-0.2, 0) is 9.37 Å². The highest BCUT2D eigenvalue weighted by atomic mass is 32.2. The van der Waals surface area contributed by atoms with E-state index in [4.69, 9.17) is 5.26 Å². The Morgan fingerprint density at radius 1 is 0.800 bits per heavy atom. The van der Waals surface area contributed by atoms with Crippen molar-refractivity contribution >= 4 is 50.6 Å². The Balaban J connectivity index is 1.84. The third-order valence-corrected chi connectivity index (χ3v) is 5.08. The fourth-order valence-electron chi connectivity index (χ4n) is 3.16. The molecule has 0 aliphatic rings. The van der Waals surface area contributed by atoms with Gasteiger partial charge in [0.2, 0.25) is 0 Å². The molecule has 8 nitrogen and oxygen atoms in total. The molecule has 0 saturated carbocycles. The van der Waals surface area contributed by atoms with Crippen LogP contribution in [0.4, 0.5) is 17.1 Å². The Hall–Kier alpha value is -3.37. The second kappa shape index (κ2) is 8.97. The van der Waals surface area contributed by atoms with Crippen molar-refractivity contribution in [2.75, 3.05) is 7.05 Å². The number of hydrogen-bond donors (Lipinski definition) is 2. The van der Waals surface area contributed by atoms with Gasteiger partial charge in [0.1, 0.15) is 5.69 Å². The minimum atomic E-state index is -0.0541. The predicted octanol–water partition coefficient (Wildman–Crippen LogP) is 7.26. The van der Waals surface area contributed by atoms with Crippen LogP contribution in [0.5, 0.6) is 5.75 Å². The van der Waals surface area contributed by atoms with Crippen molar-refractivity contribution in [2.45, 2.75) is 4.90 Å². The molecule has 0 atom stereocenters. The fraction of sp³-hybridized carbons (Fsp3) is 0.0476. The number of azo groups is 2. The quantitative estimate of drug-likeness (QED) is 0.148. The summed E-state index contributed by atoms with van der Waals surface area (Å²) < 4.78 is 4.57. The van der Waals surface area contributed by atoms with Crippen molar-refractivity contribution in [2.24, 2.45) is 20.5 Å². The van der Waals surface area contributed by atoms with E-state index in [1.165, 1.54) is 0 Å². The number of hydrogen-bond acceptors (Lipinski definition) is 9. The number of phenols is 1. The number of phenolic OH excluding ortho intramolecular Hbond substituents is 1. The van der Waals surface area contributed by atoms with E-state index < -0.39 is 0 Å². The molecule has 0 fully saturated rings. The van der Waals surface area contributed by atoms with Gasteiger partial charge in [-0.05, 0) is 23.6 Å². The number of nitrogens with zero attached hydrogens (tertiary/aromatic N) is 4. The van der Waals surface area contributed by atoms with Crippen molar-refractivity contribution in [1.29, 1.82) is 0 Å². The van der Waals surface area contributed by atoms with Gasteiger partial charge in [-0.3, -0.25) is 0 Å². The van der Waals surface area contributed by atoms with Gasteiger partial charge >= 0.3 is 0 Å². The predicted molar refractivity (Wildman–Crippen MR) is 115 cm³/mol. The van der Waals surface area contributed by atoms with Crippen molar-refractivity contribution < 1.29 is 19.7 Å². The summed E-state index contributed by atoms with van der Waals surface area (Å²) in [4.78, 5) is 0.421. The summed E-state index contributed by atoms with van der Waals surface area (Å²) in [6.07, 6.45) is 0. The first kappa shape index (κ1) is 19.9. The van der Waals surface area contributed by atoms with E-state index in [-0.39, 0.29) is 11.4 Å². The van der Waals surface area contributed by atoms with E-state index in [1.807, 2.05) is 48.5 Å². The van der Waals surface area contributed by atoms with Crippen LogP contribution in [0.2, 0.25) is 0 Å². The molecule has 0 unspecified atom stereocenters. The lowest BCUT2D eigenvalue weighted by Crippen LogP contribution is -1.83. The largest absolute Gasteiger partial charge is 0.505 e. The summed E-state index contributed by atoms with van der Waals surface area (Å²) in [6, 6.07) is 20.3. The zero-order valence-electron chi connectivity index (χ0n) is 15.8. The molecule has 0 aliphatic carbocycles. The molecule has 0 aromatic heterocycles. The molecule has 0 amide bonds. The van der Waals surface area contributed by atoms with E-state index in [0.29, 0.717) is 28.0 Å². The molecule has 0 saturated heterocycles. The van der Waals surface area contributed by atoms with Gasteiger partial charge in [0.15, 0.2) is 5.75 Å². The summed E-state index contributed by atoms with van der Waals surface area (Å²) in [5.41, 5.74) is 1.52. The van der Waals surface area contributed by atoms with Crippen LogP contribution in [0.3, 0.4) is 0 Å². The molecular weight excluding hydrogens is 404 g/mol. The molecule has 4 aromatic carbocycles. The summed E-state index contributed by atoms with van der Waals surface area (Å²) in [5.74, 6) is -0.0541. The van der Waals surface area contributed by atoms with Crippen LogP contribution in [0.15, 0.2) is 92.1 Å². The van der Waals surface area contributed by atoms with Gasteiger partial charge in [0.25, 0.3) is 0 Å². The average molecular weight is 420 g/mol. The fourth-order valence-corrected chi connectivity index (χ4v) is 3.65. The van der Waals surface area contributed by atoms with Gasteiger partial charge in [0.05, 0.1) is 28.3 Å². The molecule has 0 radical (unpaired) electrons. The first-order valence-corrected chi connectivity index (χ1v) is 9.60. The topological polar surface area (TPSA) is 108 Å². The molecule has 2 N–H and O–H groups in total. The van der Waals surface area contributed by atoms with Gasteiger partial charge < -0.3 is 5.11 Å². The first-order valence-electron chi connectivity index (χ1n) is 8.85. The van der Waals surface area contributed by atoms with Gasteiger partial charge in [0, 0.05) is 23.2 Å². The second-order valence-corrected chi connectivity index (χ2v) is 6.91. The normalized spacial score (nSPS) is 11.9. The number of benzene rings is 4.